The van der Waals surface area contributed by atoms with Crippen LogP contribution in [-0.2, 0) is 6.42 Å². The smallest absolute Gasteiger partial charge is 0.256 e. The third kappa shape index (κ3) is 3.35. The molecular weight excluding hydrogens is 262 g/mol. The zero-order valence-electron chi connectivity index (χ0n) is 11.0. The summed E-state index contributed by atoms with van der Waals surface area (Å²) in [5.41, 5.74) is 2.47. The van der Waals surface area contributed by atoms with E-state index in [0.29, 0.717) is 16.4 Å². The summed E-state index contributed by atoms with van der Waals surface area (Å²) in [5.74, 6) is 0.357. The van der Waals surface area contributed by atoms with Gasteiger partial charge in [0.1, 0.15) is 0 Å². The number of benzene rings is 1. The van der Waals surface area contributed by atoms with Crippen LogP contribution < -0.4 is 5.32 Å². The molecule has 0 atom stereocenters. The second-order valence-corrected chi connectivity index (χ2v) is 4.85. The van der Waals surface area contributed by atoms with Crippen LogP contribution in [0.4, 0.5) is 5.82 Å². The molecule has 4 nitrogen and oxygen atoms in total. The highest BCUT2D eigenvalue weighted by Crippen LogP contribution is 2.17. The number of halogens is 1. The Morgan fingerprint density at radius 1 is 1.42 bits per heavy atom. The highest BCUT2D eigenvalue weighted by molar-refractivity contribution is 6.31. The van der Waals surface area contributed by atoms with E-state index in [1.54, 1.807) is 18.2 Å². The lowest BCUT2D eigenvalue weighted by molar-refractivity contribution is 0.102. The predicted octanol–water partition coefficient (Wildman–Crippen LogP) is 3.58. The molecule has 1 amide bonds. The summed E-state index contributed by atoms with van der Waals surface area (Å²) in [6.07, 6.45) is 1.95. The number of anilines is 1. The normalized spacial score (nSPS) is 10.5. The number of aryl methyl sites for hydroxylation is 2. The number of aromatic nitrogens is 2. The molecule has 0 fully saturated rings. The molecule has 0 aliphatic carbocycles. The molecule has 0 aliphatic heterocycles. The third-order valence-electron chi connectivity index (χ3n) is 2.81. The van der Waals surface area contributed by atoms with Crippen LogP contribution in [0.3, 0.4) is 0 Å². The maximum absolute atomic E-state index is 12.0. The van der Waals surface area contributed by atoms with Crippen molar-refractivity contribution in [2.24, 2.45) is 0 Å². The third-order valence-corrected chi connectivity index (χ3v) is 3.24. The van der Waals surface area contributed by atoms with Crippen molar-refractivity contribution in [1.29, 1.82) is 0 Å². The Balaban J connectivity index is 2.09. The first-order valence-electron chi connectivity index (χ1n) is 6.22. The quantitative estimate of drug-likeness (QED) is 0.897. The zero-order valence-corrected chi connectivity index (χ0v) is 11.7. The Bertz CT molecular complexity index is 592. The standard InChI is InChI=1S/C14H16ClN3O/c1-3-4-11-8-13(18-17-11)16-14(19)10-5-6-12(15)9(2)7-10/h5-8H,3-4H2,1-2H3,(H2,16,17,18,19). The molecule has 100 valence electrons. The van der Waals surface area contributed by atoms with Crippen LogP contribution in [0, 0.1) is 6.92 Å². The van der Waals surface area contributed by atoms with E-state index in [1.807, 2.05) is 13.0 Å². The van der Waals surface area contributed by atoms with Gasteiger partial charge >= 0.3 is 0 Å². The van der Waals surface area contributed by atoms with Gasteiger partial charge in [0.05, 0.1) is 0 Å². The second kappa shape index (κ2) is 5.89. The summed E-state index contributed by atoms with van der Waals surface area (Å²) in [6.45, 7) is 3.96. The van der Waals surface area contributed by atoms with E-state index < -0.39 is 0 Å². The fourth-order valence-corrected chi connectivity index (χ4v) is 1.92. The lowest BCUT2D eigenvalue weighted by Crippen LogP contribution is -2.12. The molecule has 0 saturated heterocycles. The van der Waals surface area contributed by atoms with Gasteiger partial charge in [0.15, 0.2) is 5.82 Å². The monoisotopic (exact) mass is 277 g/mol. The Hall–Kier alpha value is -1.81. The predicted molar refractivity (Wildman–Crippen MR) is 76.7 cm³/mol. The van der Waals surface area contributed by atoms with Crippen molar-refractivity contribution in [3.8, 4) is 0 Å². The van der Waals surface area contributed by atoms with Crippen molar-refractivity contribution < 1.29 is 4.79 Å². The number of hydrogen-bond acceptors (Lipinski definition) is 2. The van der Waals surface area contributed by atoms with Crippen LogP contribution >= 0.6 is 11.6 Å². The maximum atomic E-state index is 12.0. The molecule has 0 radical (unpaired) electrons. The Morgan fingerprint density at radius 2 is 2.21 bits per heavy atom. The summed E-state index contributed by atoms with van der Waals surface area (Å²) in [6, 6.07) is 7.03. The van der Waals surface area contributed by atoms with E-state index >= 15 is 0 Å². The fourth-order valence-electron chi connectivity index (χ4n) is 1.80. The van der Waals surface area contributed by atoms with Crippen molar-refractivity contribution in [3.63, 3.8) is 0 Å². The number of carbonyl (C=O) groups is 1. The van der Waals surface area contributed by atoms with Crippen LogP contribution in [0.5, 0.6) is 0 Å². The van der Waals surface area contributed by atoms with Gasteiger partial charge in [0.2, 0.25) is 0 Å². The van der Waals surface area contributed by atoms with Crippen LogP contribution in [-0.4, -0.2) is 16.1 Å². The van der Waals surface area contributed by atoms with Gasteiger partial charge in [-0.3, -0.25) is 9.89 Å². The summed E-state index contributed by atoms with van der Waals surface area (Å²) >= 11 is 5.93. The number of rotatable bonds is 4. The Kier molecular flexibility index (Phi) is 4.22. The first-order chi connectivity index (χ1) is 9.10. The summed E-state index contributed by atoms with van der Waals surface area (Å²) in [4.78, 5) is 12.0. The van der Waals surface area contributed by atoms with E-state index in [4.69, 9.17) is 11.6 Å². The molecule has 0 spiro atoms. The van der Waals surface area contributed by atoms with Gasteiger partial charge in [-0.1, -0.05) is 24.9 Å². The first-order valence-corrected chi connectivity index (χ1v) is 6.59. The molecule has 0 bridgehead atoms. The zero-order chi connectivity index (χ0) is 13.8. The van der Waals surface area contributed by atoms with Gasteiger partial charge in [0, 0.05) is 22.3 Å². The van der Waals surface area contributed by atoms with E-state index in [9.17, 15) is 4.79 Å². The molecular formula is C14H16ClN3O. The number of nitrogens with one attached hydrogen (secondary N) is 2. The summed E-state index contributed by atoms with van der Waals surface area (Å²) in [7, 11) is 0. The van der Waals surface area contributed by atoms with Crippen LogP contribution in [0.2, 0.25) is 5.02 Å². The first kappa shape index (κ1) is 13.6. The molecule has 2 rings (SSSR count). The highest BCUT2D eigenvalue weighted by Gasteiger charge is 2.09. The van der Waals surface area contributed by atoms with Crippen LogP contribution in [0.15, 0.2) is 24.3 Å². The van der Waals surface area contributed by atoms with Crippen molar-refractivity contribution in [3.05, 3.63) is 46.1 Å². The van der Waals surface area contributed by atoms with Crippen molar-refractivity contribution in [2.45, 2.75) is 26.7 Å². The topological polar surface area (TPSA) is 57.8 Å². The fraction of sp³-hybridized carbons (Fsp3) is 0.286. The molecule has 5 heteroatoms. The minimum Gasteiger partial charge on any atom is -0.305 e. The number of amides is 1. The molecule has 19 heavy (non-hydrogen) atoms. The lowest BCUT2D eigenvalue weighted by Gasteiger charge is -2.04. The largest absolute Gasteiger partial charge is 0.305 e. The number of carbonyl (C=O) groups excluding carboxylic acids is 1. The SMILES string of the molecule is CCCc1cc(NC(=O)c2ccc(Cl)c(C)c2)n[nH]1. The average molecular weight is 278 g/mol. The average Bonchev–Trinajstić information content (AvgIpc) is 2.80. The van der Waals surface area contributed by atoms with Crippen LogP contribution in [0.25, 0.3) is 0 Å². The van der Waals surface area contributed by atoms with E-state index in [-0.39, 0.29) is 5.91 Å². The number of hydrogen-bond donors (Lipinski definition) is 2. The van der Waals surface area contributed by atoms with Gasteiger partial charge in [-0.05, 0) is 37.1 Å². The van der Waals surface area contributed by atoms with Gasteiger partial charge in [-0.15, -0.1) is 0 Å². The number of H-pyrrole nitrogens is 1. The summed E-state index contributed by atoms with van der Waals surface area (Å²) in [5, 5.41) is 10.4. The van der Waals surface area contributed by atoms with Gasteiger partial charge in [-0.25, -0.2) is 0 Å². The molecule has 2 aromatic rings. The maximum Gasteiger partial charge on any atom is 0.256 e. The van der Waals surface area contributed by atoms with Crippen molar-refractivity contribution >= 4 is 23.3 Å². The van der Waals surface area contributed by atoms with Gasteiger partial charge in [-0.2, -0.15) is 5.10 Å². The Labute approximate surface area is 117 Å². The molecule has 1 aromatic heterocycles. The lowest BCUT2D eigenvalue weighted by atomic mass is 10.1. The molecule has 0 saturated carbocycles. The van der Waals surface area contributed by atoms with E-state index in [2.05, 4.69) is 22.4 Å². The van der Waals surface area contributed by atoms with Gasteiger partial charge < -0.3 is 5.32 Å². The molecule has 0 aliphatic rings. The molecule has 2 N–H and O–H groups in total. The molecule has 0 unspecified atom stereocenters. The Morgan fingerprint density at radius 3 is 2.89 bits per heavy atom. The minimum atomic E-state index is -0.186. The van der Waals surface area contributed by atoms with Gasteiger partial charge in [0.25, 0.3) is 5.91 Å². The minimum absolute atomic E-state index is 0.186. The number of nitrogens with zero attached hydrogens (tertiary/aromatic N) is 1. The molecule has 1 aromatic carbocycles. The van der Waals surface area contributed by atoms with E-state index in [1.165, 1.54) is 0 Å². The summed E-state index contributed by atoms with van der Waals surface area (Å²) < 4.78 is 0. The van der Waals surface area contributed by atoms with Crippen LogP contribution in [0.1, 0.15) is 35.0 Å². The van der Waals surface area contributed by atoms with Crippen molar-refractivity contribution in [1.82, 2.24) is 10.2 Å². The second-order valence-electron chi connectivity index (χ2n) is 4.45. The van der Waals surface area contributed by atoms with Crippen molar-refractivity contribution in [2.75, 3.05) is 5.32 Å². The molecule has 1 heterocycles. The number of aromatic amines is 1. The highest BCUT2D eigenvalue weighted by atomic mass is 35.5. The van der Waals surface area contributed by atoms with E-state index in [0.717, 1.165) is 24.1 Å².